The number of nitrogens with zero attached hydrogens (tertiary/aromatic N) is 2. The Morgan fingerprint density at radius 1 is 1.03 bits per heavy atom. The van der Waals surface area contributed by atoms with Crippen molar-refractivity contribution >= 4 is 21.6 Å². The highest BCUT2D eigenvalue weighted by Gasteiger charge is 2.30. The highest BCUT2D eigenvalue weighted by molar-refractivity contribution is 7.93. The second kappa shape index (κ2) is 8.45. The van der Waals surface area contributed by atoms with Crippen molar-refractivity contribution in [3.8, 4) is 5.75 Å². The maximum Gasteiger partial charge on any atom is 0.253 e. The lowest BCUT2D eigenvalue weighted by atomic mass is 9.98. The first kappa shape index (κ1) is 19.8. The van der Waals surface area contributed by atoms with E-state index in [0.717, 1.165) is 18.6 Å². The maximum atomic E-state index is 13.1. The van der Waals surface area contributed by atoms with Gasteiger partial charge in [-0.1, -0.05) is 24.3 Å². The van der Waals surface area contributed by atoms with E-state index >= 15 is 0 Å². The van der Waals surface area contributed by atoms with Gasteiger partial charge in [0.05, 0.1) is 18.0 Å². The number of piperidine rings is 1. The summed E-state index contributed by atoms with van der Waals surface area (Å²) >= 11 is 0. The van der Waals surface area contributed by atoms with E-state index in [4.69, 9.17) is 4.74 Å². The number of rotatable bonds is 5. The number of para-hydroxylation sites is 1. The molecule has 7 heteroatoms. The van der Waals surface area contributed by atoms with Crippen LogP contribution in [0, 0.1) is 5.92 Å². The molecule has 4 rings (SSSR count). The van der Waals surface area contributed by atoms with Gasteiger partial charge in [0, 0.05) is 31.1 Å². The number of hydrogen-bond acceptors (Lipinski definition) is 4. The molecule has 0 radical (unpaired) electrons. The normalized spacial score (nSPS) is 21.2. The molecule has 2 saturated heterocycles. The quantitative estimate of drug-likeness (QED) is 0.754. The topological polar surface area (TPSA) is 66.9 Å². The number of anilines is 1. The van der Waals surface area contributed by atoms with Gasteiger partial charge < -0.3 is 9.64 Å². The van der Waals surface area contributed by atoms with Crippen molar-refractivity contribution in [1.29, 1.82) is 0 Å². The van der Waals surface area contributed by atoms with E-state index in [9.17, 15) is 13.2 Å². The standard InChI is InChI=1S/C22H26N2O4S/c25-22(19-8-4-9-20(15-19)24-13-6-14-29(24,26)27)23-12-5-7-18(16-23)17-28-21-10-2-1-3-11-21/h1-4,8-11,15,18H,5-7,12-14,16-17H2. The Hall–Kier alpha value is -2.54. The summed E-state index contributed by atoms with van der Waals surface area (Å²) in [4.78, 5) is 14.9. The van der Waals surface area contributed by atoms with Crippen molar-refractivity contribution in [2.24, 2.45) is 5.92 Å². The predicted molar refractivity (Wildman–Crippen MR) is 113 cm³/mol. The summed E-state index contributed by atoms with van der Waals surface area (Å²) in [7, 11) is -3.26. The molecular formula is C22H26N2O4S. The first-order valence-corrected chi connectivity index (χ1v) is 11.7. The van der Waals surface area contributed by atoms with Crippen LogP contribution >= 0.6 is 0 Å². The Bertz CT molecular complexity index is 962. The molecule has 2 aliphatic rings. The van der Waals surface area contributed by atoms with Crippen molar-refractivity contribution in [2.45, 2.75) is 19.3 Å². The van der Waals surface area contributed by atoms with Gasteiger partial charge in [-0.3, -0.25) is 9.10 Å². The first-order valence-electron chi connectivity index (χ1n) is 10.1. The third-order valence-corrected chi connectivity index (χ3v) is 7.39. The van der Waals surface area contributed by atoms with Crippen LogP contribution in [0.4, 0.5) is 5.69 Å². The van der Waals surface area contributed by atoms with Crippen molar-refractivity contribution < 1.29 is 17.9 Å². The zero-order valence-electron chi connectivity index (χ0n) is 16.4. The fourth-order valence-corrected chi connectivity index (χ4v) is 5.58. The summed E-state index contributed by atoms with van der Waals surface area (Å²) in [6, 6.07) is 16.7. The van der Waals surface area contributed by atoms with E-state index in [2.05, 4.69) is 0 Å². The summed E-state index contributed by atoms with van der Waals surface area (Å²) in [6.07, 6.45) is 2.59. The Labute approximate surface area is 172 Å². The molecule has 154 valence electrons. The SMILES string of the molecule is O=C(c1cccc(N2CCCS2(=O)=O)c1)N1CCCC(COc2ccccc2)C1. The van der Waals surface area contributed by atoms with Gasteiger partial charge >= 0.3 is 0 Å². The van der Waals surface area contributed by atoms with Gasteiger partial charge in [-0.15, -0.1) is 0 Å². The monoisotopic (exact) mass is 414 g/mol. The van der Waals surface area contributed by atoms with Crippen molar-refractivity contribution in [1.82, 2.24) is 4.90 Å². The van der Waals surface area contributed by atoms with Crippen LogP contribution in [0.25, 0.3) is 0 Å². The molecule has 0 aliphatic carbocycles. The molecule has 2 heterocycles. The van der Waals surface area contributed by atoms with E-state index in [0.29, 0.717) is 43.9 Å². The lowest BCUT2D eigenvalue weighted by Crippen LogP contribution is -2.41. The van der Waals surface area contributed by atoms with Gasteiger partial charge in [0.15, 0.2) is 0 Å². The molecule has 1 unspecified atom stereocenters. The highest BCUT2D eigenvalue weighted by atomic mass is 32.2. The molecule has 2 fully saturated rings. The molecule has 29 heavy (non-hydrogen) atoms. The Morgan fingerprint density at radius 2 is 1.86 bits per heavy atom. The summed E-state index contributed by atoms with van der Waals surface area (Å²) in [6.45, 7) is 2.42. The number of amides is 1. The van der Waals surface area contributed by atoms with E-state index < -0.39 is 10.0 Å². The van der Waals surface area contributed by atoms with E-state index in [-0.39, 0.29) is 17.6 Å². The molecule has 0 bridgehead atoms. The molecule has 2 aromatic carbocycles. The van der Waals surface area contributed by atoms with Gasteiger partial charge in [-0.05, 0) is 49.6 Å². The van der Waals surface area contributed by atoms with Gasteiger partial charge in [-0.25, -0.2) is 8.42 Å². The summed E-state index contributed by atoms with van der Waals surface area (Å²) in [5.41, 5.74) is 1.11. The average Bonchev–Trinajstić information content (AvgIpc) is 3.12. The molecule has 0 saturated carbocycles. The highest BCUT2D eigenvalue weighted by Crippen LogP contribution is 2.26. The van der Waals surface area contributed by atoms with Crippen LogP contribution < -0.4 is 9.04 Å². The number of ether oxygens (including phenoxy) is 1. The van der Waals surface area contributed by atoms with Crippen molar-refractivity contribution in [3.63, 3.8) is 0 Å². The minimum absolute atomic E-state index is 0.0483. The number of likely N-dealkylation sites (tertiary alicyclic amines) is 1. The number of carbonyl (C=O) groups excluding carboxylic acids is 1. The minimum atomic E-state index is -3.26. The van der Waals surface area contributed by atoms with Gasteiger partial charge in [0.25, 0.3) is 5.91 Å². The minimum Gasteiger partial charge on any atom is -0.493 e. The molecule has 1 atom stereocenters. The predicted octanol–water partition coefficient (Wildman–Crippen LogP) is 3.16. The average molecular weight is 415 g/mol. The van der Waals surface area contributed by atoms with Gasteiger partial charge in [-0.2, -0.15) is 0 Å². The van der Waals surface area contributed by atoms with E-state index in [1.165, 1.54) is 4.31 Å². The second-order valence-electron chi connectivity index (χ2n) is 7.68. The number of hydrogen-bond donors (Lipinski definition) is 0. The van der Waals surface area contributed by atoms with Crippen molar-refractivity contribution in [3.05, 3.63) is 60.2 Å². The molecular weight excluding hydrogens is 388 g/mol. The summed E-state index contributed by atoms with van der Waals surface area (Å²) < 4.78 is 31.7. The third-order valence-electron chi connectivity index (χ3n) is 5.52. The third kappa shape index (κ3) is 4.56. The number of carbonyl (C=O) groups is 1. The fraction of sp³-hybridized carbons (Fsp3) is 0.409. The smallest absolute Gasteiger partial charge is 0.253 e. The van der Waals surface area contributed by atoms with Crippen LogP contribution in [-0.4, -0.2) is 51.2 Å². The van der Waals surface area contributed by atoms with Crippen LogP contribution in [0.1, 0.15) is 29.6 Å². The fourth-order valence-electron chi connectivity index (χ4n) is 4.02. The zero-order chi connectivity index (χ0) is 20.3. The Morgan fingerprint density at radius 3 is 2.62 bits per heavy atom. The van der Waals surface area contributed by atoms with Gasteiger partial charge in [0.1, 0.15) is 5.75 Å². The van der Waals surface area contributed by atoms with Crippen LogP contribution in [-0.2, 0) is 10.0 Å². The molecule has 1 amide bonds. The molecule has 6 nitrogen and oxygen atoms in total. The molecule has 2 aromatic rings. The van der Waals surface area contributed by atoms with E-state index in [1.807, 2.05) is 35.2 Å². The first-order chi connectivity index (χ1) is 14.0. The molecule has 0 spiro atoms. The van der Waals surface area contributed by atoms with Crippen LogP contribution in [0.15, 0.2) is 54.6 Å². The summed E-state index contributed by atoms with van der Waals surface area (Å²) in [5.74, 6) is 1.25. The van der Waals surface area contributed by atoms with Crippen LogP contribution in [0.5, 0.6) is 5.75 Å². The lowest BCUT2D eigenvalue weighted by Gasteiger charge is -2.33. The molecule has 0 N–H and O–H groups in total. The van der Waals surface area contributed by atoms with Crippen LogP contribution in [0.2, 0.25) is 0 Å². The Kier molecular flexibility index (Phi) is 5.76. The van der Waals surface area contributed by atoms with E-state index in [1.54, 1.807) is 24.3 Å². The molecule has 2 aliphatic heterocycles. The van der Waals surface area contributed by atoms with Crippen LogP contribution in [0.3, 0.4) is 0 Å². The second-order valence-corrected chi connectivity index (χ2v) is 9.69. The summed E-state index contributed by atoms with van der Waals surface area (Å²) in [5, 5.41) is 0. The Balaban J connectivity index is 1.42. The maximum absolute atomic E-state index is 13.1. The van der Waals surface area contributed by atoms with Crippen molar-refractivity contribution in [2.75, 3.05) is 36.3 Å². The largest absolute Gasteiger partial charge is 0.493 e. The number of sulfonamides is 1. The van der Waals surface area contributed by atoms with Gasteiger partial charge in [0.2, 0.25) is 10.0 Å². The molecule has 0 aromatic heterocycles. The lowest BCUT2D eigenvalue weighted by molar-refractivity contribution is 0.0633. The number of benzene rings is 2. The zero-order valence-corrected chi connectivity index (χ0v) is 17.2.